The van der Waals surface area contributed by atoms with Gasteiger partial charge in [-0.05, 0) is 6.07 Å². The Morgan fingerprint density at radius 2 is 2.17 bits per heavy atom. The standard InChI is InChI=1S/C9H7NO2/c1-5-6-3-2-4-7(11)8(6)9(12)10-5/h2-4,11H,1H2,(H,10,12). The first-order valence-corrected chi connectivity index (χ1v) is 3.53. The summed E-state index contributed by atoms with van der Waals surface area (Å²) in [4.78, 5) is 11.2. The summed E-state index contributed by atoms with van der Waals surface area (Å²) < 4.78 is 0. The molecule has 12 heavy (non-hydrogen) atoms. The van der Waals surface area contributed by atoms with Gasteiger partial charge in [0, 0.05) is 11.3 Å². The van der Waals surface area contributed by atoms with Crippen molar-refractivity contribution in [2.45, 2.75) is 0 Å². The lowest BCUT2D eigenvalue weighted by atomic mass is 10.1. The first kappa shape index (κ1) is 6.91. The maximum absolute atomic E-state index is 11.2. The lowest BCUT2D eigenvalue weighted by Gasteiger charge is -1.97. The molecular formula is C9H7NO2. The second kappa shape index (κ2) is 2.11. The molecule has 1 aliphatic rings. The lowest BCUT2D eigenvalue weighted by molar-refractivity contribution is 0.0978. The molecule has 2 N–H and O–H groups in total. The molecule has 0 radical (unpaired) electrons. The Bertz CT molecular complexity index is 382. The molecule has 60 valence electrons. The van der Waals surface area contributed by atoms with E-state index in [1.54, 1.807) is 12.1 Å². The topological polar surface area (TPSA) is 49.3 Å². The monoisotopic (exact) mass is 161 g/mol. The lowest BCUT2D eigenvalue weighted by Crippen LogP contribution is -2.11. The Kier molecular flexibility index (Phi) is 1.21. The van der Waals surface area contributed by atoms with Gasteiger partial charge in [-0.3, -0.25) is 4.79 Å². The molecular weight excluding hydrogens is 154 g/mol. The molecule has 0 aromatic heterocycles. The predicted molar refractivity (Wildman–Crippen MR) is 44.6 cm³/mol. The van der Waals surface area contributed by atoms with Crippen molar-refractivity contribution in [3.05, 3.63) is 35.9 Å². The summed E-state index contributed by atoms with van der Waals surface area (Å²) in [6, 6.07) is 4.91. The largest absolute Gasteiger partial charge is 0.507 e. The van der Waals surface area contributed by atoms with Crippen LogP contribution in [0.25, 0.3) is 5.70 Å². The van der Waals surface area contributed by atoms with Crippen molar-refractivity contribution in [3.63, 3.8) is 0 Å². The van der Waals surface area contributed by atoms with Gasteiger partial charge in [0.05, 0.1) is 5.56 Å². The fourth-order valence-corrected chi connectivity index (χ4v) is 1.30. The minimum Gasteiger partial charge on any atom is -0.507 e. The molecule has 1 amide bonds. The van der Waals surface area contributed by atoms with Crippen molar-refractivity contribution < 1.29 is 9.90 Å². The summed E-state index contributed by atoms with van der Waals surface area (Å²) in [7, 11) is 0. The molecule has 1 aromatic carbocycles. The zero-order valence-corrected chi connectivity index (χ0v) is 6.29. The molecule has 1 aliphatic heterocycles. The number of carbonyl (C=O) groups is 1. The van der Waals surface area contributed by atoms with E-state index in [0.29, 0.717) is 16.8 Å². The van der Waals surface area contributed by atoms with E-state index in [4.69, 9.17) is 0 Å². The fraction of sp³-hybridized carbons (Fsp3) is 0. The van der Waals surface area contributed by atoms with E-state index in [0.717, 1.165) is 0 Å². The van der Waals surface area contributed by atoms with Gasteiger partial charge in [0.15, 0.2) is 0 Å². The van der Waals surface area contributed by atoms with Crippen molar-refractivity contribution in [1.29, 1.82) is 0 Å². The maximum atomic E-state index is 11.2. The van der Waals surface area contributed by atoms with Crippen LogP contribution in [0.15, 0.2) is 24.8 Å². The first-order chi connectivity index (χ1) is 5.70. The average Bonchev–Trinajstić information content (AvgIpc) is 2.29. The quantitative estimate of drug-likeness (QED) is 0.598. The smallest absolute Gasteiger partial charge is 0.260 e. The van der Waals surface area contributed by atoms with E-state index >= 15 is 0 Å². The highest BCUT2D eigenvalue weighted by molar-refractivity contribution is 6.10. The third-order valence-electron chi connectivity index (χ3n) is 1.86. The molecule has 0 saturated heterocycles. The van der Waals surface area contributed by atoms with Crippen LogP contribution in [-0.4, -0.2) is 11.0 Å². The zero-order chi connectivity index (χ0) is 8.72. The van der Waals surface area contributed by atoms with Crippen LogP contribution in [0.4, 0.5) is 0 Å². The van der Waals surface area contributed by atoms with E-state index in [9.17, 15) is 9.90 Å². The van der Waals surface area contributed by atoms with E-state index in [1.807, 2.05) is 0 Å². The van der Waals surface area contributed by atoms with Crippen LogP contribution >= 0.6 is 0 Å². The Morgan fingerprint density at radius 3 is 2.83 bits per heavy atom. The molecule has 1 aromatic rings. The Morgan fingerprint density at radius 1 is 1.42 bits per heavy atom. The van der Waals surface area contributed by atoms with Crippen molar-refractivity contribution in [2.24, 2.45) is 0 Å². The molecule has 3 heteroatoms. The van der Waals surface area contributed by atoms with Gasteiger partial charge in [-0.2, -0.15) is 0 Å². The van der Waals surface area contributed by atoms with Crippen molar-refractivity contribution >= 4 is 11.6 Å². The normalized spacial score (nSPS) is 14.3. The number of fused-ring (bicyclic) bond motifs is 1. The van der Waals surface area contributed by atoms with Crippen LogP contribution in [0.1, 0.15) is 15.9 Å². The first-order valence-electron chi connectivity index (χ1n) is 3.53. The van der Waals surface area contributed by atoms with Gasteiger partial charge in [-0.15, -0.1) is 0 Å². The summed E-state index contributed by atoms with van der Waals surface area (Å²) in [6.07, 6.45) is 0. The second-order valence-electron chi connectivity index (χ2n) is 2.63. The van der Waals surface area contributed by atoms with E-state index in [1.165, 1.54) is 6.07 Å². The fourth-order valence-electron chi connectivity index (χ4n) is 1.30. The highest BCUT2D eigenvalue weighted by atomic mass is 16.3. The molecule has 0 fully saturated rings. The van der Waals surface area contributed by atoms with Crippen LogP contribution in [0.5, 0.6) is 5.75 Å². The van der Waals surface area contributed by atoms with Crippen LogP contribution in [-0.2, 0) is 0 Å². The number of nitrogens with one attached hydrogen (secondary N) is 1. The number of phenolic OH excluding ortho intramolecular Hbond substituents is 1. The highest BCUT2D eigenvalue weighted by Crippen LogP contribution is 2.29. The number of amides is 1. The second-order valence-corrected chi connectivity index (χ2v) is 2.63. The molecule has 3 nitrogen and oxygen atoms in total. The van der Waals surface area contributed by atoms with Gasteiger partial charge < -0.3 is 10.4 Å². The average molecular weight is 161 g/mol. The maximum Gasteiger partial charge on any atom is 0.260 e. The molecule has 0 saturated carbocycles. The number of aromatic hydroxyl groups is 1. The molecule has 0 spiro atoms. The van der Waals surface area contributed by atoms with Crippen molar-refractivity contribution in [2.75, 3.05) is 0 Å². The number of hydrogen-bond acceptors (Lipinski definition) is 2. The van der Waals surface area contributed by atoms with E-state index in [2.05, 4.69) is 11.9 Å². The summed E-state index contributed by atoms with van der Waals surface area (Å²) in [5, 5.41) is 11.8. The molecule has 0 atom stereocenters. The zero-order valence-electron chi connectivity index (χ0n) is 6.29. The predicted octanol–water partition coefficient (Wildman–Crippen LogP) is 1.11. The number of phenols is 1. The SMILES string of the molecule is C=C1NC(=O)c2c(O)cccc21. The summed E-state index contributed by atoms with van der Waals surface area (Å²) in [5.41, 5.74) is 1.55. The minimum absolute atomic E-state index is 0.00338. The van der Waals surface area contributed by atoms with E-state index in [-0.39, 0.29) is 11.7 Å². The Balaban J connectivity index is 2.75. The third-order valence-corrected chi connectivity index (χ3v) is 1.86. The van der Waals surface area contributed by atoms with Crippen molar-refractivity contribution in [1.82, 2.24) is 5.32 Å². The van der Waals surface area contributed by atoms with Crippen molar-refractivity contribution in [3.8, 4) is 5.75 Å². The Hall–Kier alpha value is -1.77. The summed E-state index contributed by atoms with van der Waals surface area (Å²) >= 11 is 0. The van der Waals surface area contributed by atoms with Gasteiger partial charge in [0.25, 0.3) is 5.91 Å². The van der Waals surface area contributed by atoms with Gasteiger partial charge in [-0.25, -0.2) is 0 Å². The molecule has 0 aliphatic carbocycles. The van der Waals surface area contributed by atoms with Crippen LogP contribution in [0.3, 0.4) is 0 Å². The van der Waals surface area contributed by atoms with Gasteiger partial charge >= 0.3 is 0 Å². The highest BCUT2D eigenvalue weighted by Gasteiger charge is 2.24. The Labute approximate surface area is 69.3 Å². The molecule has 0 bridgehead atoms. The van der Waals surface area contributed by atoms with Crippen LogP contribution in [0.2, 0.25) is 0 Å². The number of rotatable bonds is 0. The summed E-state index contributed by atoms with van der Waals surface area (Å²) in [5.74, 6) is -0.281. The minimum atomic E-state index is -0.284. The van der Waals surface area contributed by atoms with E-state index < -0.39 is 0 Å². The number of hydrogen-bond donors (Lipinski definition) is 2. The molecule has 1 heterocycles. The van der Waals surface area contributed by atoms with Gasteiger partial charge in [-0.1, -0.05) is 18.7 Å². The van der Waals surface area contributed by atoms with Gasteiger partial charge in [0.2, 0.25) is 0 Å². The van der Waals surface area contributed by atoms with Crippen LogP contribution in [0, 0.1) is 0 Å². The summed E-state index contributed by atoms with van der Waals surface area (Å²) in [6.45, 7) is 3.64. The molecule has 0 unspecified atom stereocenters. The third kappa shape index (κ3) is 0.733. The van der Waals surface area contributed by atoms with Gasteiger partial charge in [0.1, 0.15) is 5.75 Å². The number of carbonyl (C=O) groups excluding carboxylic acids is 1. The molecule has 2 rings (SSSR count). The van der Waals surface area contributed by atoms with Crippen LogP contribution < -0.4 is 5.32 Å². The number of benzene rings is 1.